The highest BCUT2D eigenvalue weighted by molar-refractivity contribution is 5.57. The minimum absolute atomic E-state index is 0.508. The number of hydrogen-bond acceptors (Lipinski definition) is 3. The van der Waals surface area contributed by atoms with E-state index in [4.69, 9.17) is 0 Å². The van der Waals surface area contributed by atoms with Crippen LogP contribution in [0.5, 0.6) is 0 Å². The number of benzene rings is 1. The smallest absolute Gasteiger partial charge is 0.101 e. The average molecular weight is 269 g/mol. The van der Waals surface area contributed by atoms with E-state index in [1.165, 1.54) is 45.1 Å². The zero-order valence-electron chi connectivity index (χ0n) is 11.9. The Balaban J connectivity index is 1.75. The first-order valence-electron chi connectivity index (χ1n) is 7.87. The van der Waals surface area contributed by atoms with Crippen molar-refractivity contribution in [3.05, 3.63) is 29.8 Å². The van der Waals surface area contributed by atoms with Gasteiger partial charge in [0.05, 0.1) is 11.3 Å². The molecule has 0 amide bonds. The van der Waals surface area contributed by atoms with Crippen LogP contribution in [0.3, 0.4) is 0 Å². The van der Waals surface area contributed by atoms with Crippen LogP contribution in [0.4, 0.5) is 5.69 Å². The summed E-state index contributed by atoms with van der Waals surface area (Å²) in [5.74, 6) is 0.706. The van der Waals surface area contributed by atoms with Crippen molar-refractivity contribution in [2.24, 2.45) is 5.92 Å². The predicted molar refractivity (Wildman–Crippen MR) is 81.6 cm³/mol. The molecule has 0 bridgehead atoms. The second-order valence-electron chi connectivity index (χ2n) is 6.06. The van der Waals surface area contributed by atoms with Crippen LogP contribution in [0.1, 0.15) is 44.1 Å². The molecule has 1 aromatic rings. The summed E-state index contributed by atoms with van der Waals surface area (Å²) >= 11 is 0. The molecule has 3 heteroatoms. The third-order valence-corrected chi connectivity index (χ3v) is 4.82. The fraction of sp³-hybridized carbons (Fsp3) is 0.588. The zero-order chi connectivity index (χ0) is 13.8. The second kappa shape index (κ2) is 6.28. The first-order chi connectivity index (χ1) is 9.88. The van der Waals surface area contributed by atoms with Gasteiger partial charge in [0, 0.05) is 12.1 Å². The van der Waals surface area contributed by atoms with Crippen LogP contribution >= 0.6 is 0 Å². The van der Waals surface area contributed by atoms with Crippen molar-refractivity contribution in [2.75, 3.05) is 11.9 Å². The largest absolute Gasteiger partial charge is 0.381 e. The van der Waals surface area contributed by atoms with E-state index in [9.17, 15) is 5.26 Å². The number of nitrogens with zero attached hydrogens (tertiary/aromatic N) is 1. The highest BCUT2D eigenvalue weighted by Gasteiger charge is 2.33. The Morgan fingerprint density at radius 3 is 2.75 bits per heavy atom. The molecule has 3 atom stereocenters. The van der Waals surface area contributed by atoms with Gasteiger partial charge in [-0.3, -0.25) is 0 Å². The summed E-state index contributed by atoms with van der Waals surface area (Å²) in [5.41, 5.74) is 1.76. The van der Waals surface area contributed by atoms with E-state index in [0.717, 1.165) is 11.3 Å². The second-order valence-corrected chi connectivity index (χ2v) is 6.06. The summed E-state index contributed by atoms with van der Waals surface area (Å²) in [5, 5.41) is 16.6. The number of nitriles is 1. The standard InChI is InChI=1S/C17H23N3/c18-12-13-6-1-3-8-15(13)20-17-9-4-2-7-14(17)16-10-5-11-19-16/h1,3,6,8,14,16-17,19-20H,2,4-5,7,9-11H2. The van der Waals surface area contributed by atoms with Gasteiger partial charge in [0.2, 0.25) is 0 Å². The molecule has 1 saturated carbocycles. The molecule has 20 heavy (non-hydrogen) atoms. The minimum Gasteiger partial charge on any atom is -0.381 e. The molecule has 0 aromatic heterocycles. The SMILES string of the molecule is N#Cc1ccccc1NC1CCCCC1C1CCCN1. The van der Waals surface area contributed by atoms with Crippen molar-refractivity contribution in [2.45, 2.75) is 50.6 Å². The van der Waals surface area contributed by atoms with Gasteiger partial charge in [-0.1, -0.05) is 25.0 Å². The maximum Gasteiger partial charge on any atom is 0.101 e. The quantitative estimate of drug-likeness (QED) is 0.885. The highest BCUT2D eigenvalue weighted by Crippen LogP contribution is 2.33. The van der Waals surface area contributed by atoms with Crippen molar-refractivity contribution in [1.82, 2.24) is 5.32 Å². The van der Waals surface area contributed by atoms with Crippen LogP contribution in [0, 0.1) is 17.2 Å². The van der Waals surface area contributed by atoms with Crippen LogP contribution in [0.2, 0.25) is 0 Å². The summed E-state index contributed by atoms with van der Waals surface area (Å²) in [7, 11) is 0. The molecule has 1 heterocycles. The van der Waals surface area contributed by atoms with Crippen molar-refractivity contribution in [1.29, 1.82) is 5.26 Å². The molecular weight excluding hydrogens is 246 g/mol. The number of nitrogens with one attached hydrogen (secondary N) is 2. The van der Waals surface area contributed by atoms with Gasteiger partial charge in [-0.25, -0.2) is 0 Å². The third kappa shape index (κ3) is 2.81. The summed E-state index contributed by atoms with van der Waals surface area (Å²) in [6.45, 7) is 1.17. The number of para-hydroxylation sites is 1. The molecule has 0 radical (unpaired) electrons. The van der Waals surface area contributed by atoms with Crippen LogP contribution in [-0.4, -0.2) is 18.6 Å². The van der Waals surface area contributed by atoms with Crippen LogP contribution in [-0.2, 0) is 0 Å². The van der Waals surface area contributed by atoms with E-state index in [0.29, 0.717) is 18.0 Å². The molecule has 106 valence electrons. The number of rotatable bonds is 3. The fourth-order valence-electron chi connectivity index (χ4n) is 3.80. The van der Waals surface area contributed by atoms with Crippen molar-refractivity contribution in [3.63, 3.8) is 0 Å². The maximum atomic E-state index is 9.22. The number of hydrogen-bond donors (Lipinski definition) is 2. The van der Waals surface area contributed by atoms with E-state index in [1.54, 1.807) is 0 Å². The molecular formula is C17H23N3. The molecule has 1 aliphatic carbocycles. The monoisotopic (exact) mass is 269 g/mol. The van der Waals surface area contributed by atoms with Crippen LogP contribution in [0.15, 0.2) is 24.3 Å². The van der Waals surface area contributed by atoms with Crippen LogP contribution < -0.4 is 10.6 Å². The van der Waals surface area contributed by atoms with E-state index in [1.807, 2.05) is 24.3 Å². The third-order valence-electron chi connectivity index (χ3n) is 4.82. The first-order valence-corrected chi connectivity index (χ1v) is 7.87. The highest BCUT2D eigenvalue weighted by atomic mass is 15.0. The lowest BCUT2D eigenvalue weighted by Gasteiger charge is -2.37. The minimum atomic E-state index is 0.508. The van der Waals surface area contributed by atoms with Gasteiger partial charge in [0.15, 0.2) is 0 Å². The van der Waals surface area contributed by atoms with Gasteiger partial charge < -0.3 is 10.6 Å². The average Bonchev–Trinajstić information content (AvgIpc) is 3.02. The van der Waals surface area contributed by atoms with Gasteiger partial charge >= 0.3 is 0 Å². The summed E-state index contributed by atoms with van der Waals surface area (Å²) < 4.78 is 0. The summed E-state index contributed by atoms with van der Waals surface area (Å²) in [6.07, 6.45) is 7.80. The summed E-state index contributed by atoms with van der Waals surface area (Å²) in [4.78, 5) is 0. The molecule has 2 aliphatic rings. The van der Waals surface area contributed by atoms with Gasteiger partial charge in [0.25, 0.3) is 0 Å². The van der Waals surface area contributed by atoms with E-state index >= 15 is 0 Å². The summed E-state index contributed by atoms with van der Waals surface area (Å²) in [6, 6.07) is 11.3. The molecule has 0 spiro atoms. The van der Waals surface area contributed by atoms with Crippen molar-refractivity contribution >= 4 is 5.69 Å². The first kappa shape index (κ1) is 13.5. The lowest BCUT2D eigenvalue weighted by Crippen LogP contribution is -2.43. The normalized spacial score (nSPS) is 29.9. The Kier molecular flexibility index (Phi) is 4.22. The lowest BCUT2D eigenvalue weighted by molar-refractivity contribution is 0.262. The Bertz CT molecular complexity index is 485. The van der Waals surface area contributed by atoms with Gasteiger partial charge in [-0.15, -0.1) is 0 Å². The van der Waals surface area contributed by atoms with E-state index < -0.39 is 0 Å². The molecule has 1 aliphatic heterocycles. The van der Waals surface area contributed by atoms with Crippen molar-refractivity contribution in [3.8, 4) is 6.07 Å². The number of anilines is 1. The Morgan fingerprint density at radius 2 is 1.95 bits per heavy atom. The fourth-order valence-corrected chi connectivity index (χ4v) is 3.80. The van der Waals surface area contributed by atoms with E-state index in [2.05, 4.69) is 16.7 Å². The molecule has 1 aromatic carbocycles. The topological polar surface area (TPSA) is 47.9 Å². The van der Waals surface area contributed by atoms with Crippen molar-refractivity contribution < 1.29 is 0 Å². The van der Waals surface area contributed by atoms with Gasteiger partial charge in [0.1, 0.15) is 6.07 Å². The predicted octanol–water partition coefficient (Wildman–Crippen LogP) is 3.28. The lowest BCUT2D eigenvalue weighted by atomic mass is 9.79. The zero-order valence-corrected chi connectivity index (χ0v) is 11.9. The Hall–Kier alpha value is -1.53. The molecule has 3 nitrogen and oxygen atoms in total. The Morgan fingerprint density at radius 1 is 1.10 bits per heavy atom. The van der Waals surface area contributed by atoms with Gasteiger partial charge in [-0.2, -0.15) is 5.26 Å². The molecule has 1 saturated heterocycles. The molecule has 3 unspecified atom stereocenters. The van der Waals surface area contributed by atoms with Gasteiger partial charge in [-0.05, 0) is 50.3 Å². The van der Waals surface area contributed by atoms with E-state index in [-0.39, 0.29) is 0 Å². The molecule has 2 fully saturated rings. The van der Waals surface area contributed by atoms with Crippen LogP contribution in [0.25, 0.3) is 0 Å². The molecule has 2 N–H and O–H groups in total. The maximum absolute atomic E-state index is 9.22. The molecule has 3 rings (SSSR count). The Labute approximate surface area is 121 Å².